The van der Waals surface area contributed by atoms with Gasteiger partial charge in [-0.3, -0.25) is 0 Å². The molecule has 8 heteroatoms. The van der Waals surface area contributed by atoms with Gasteiger partial charge in [0.05, 0.1) is 10.6 Å². The van der Waals surface area contributed by atoms with Crippen LogP contribution in [0.15, 0.2) is 68.9 Å². The highest BCUT2D eigenvalue weighted by molar-refractivity contribution is 8.13. The van der Waals surface area contributed by atoms with Crippen molar-refractivity contribution in [2.24, 2.45) is 21.2 Å². The van der Waals surface area contributed by atoms with E-state index in [0.717, 1.165) is 19.3 Å². The maximum atomic E-state index is 11.2. The molecule has 0 atom stereocenters. The van der Waals surface area contributed by atoms with Crippen LogP contribution in [0.1, 0.15) is 30.9 Å². The average molecular weight is 379 g/mol. The van der Waals surface area contributed by atoms with E-state index in [-0.39, 0.29) is 10.7 Å². The van der Waals surface area contributed by atoms with E-state index in [0.29, 0.717) is 11.3 Å². The second-order valence-corrected chi connectivity index (χ2v) is 7.97. The normalized spacial score (nSPS) is 12.6. The minimum Gasteiger partial charge on any atom is -0.382 e. The van der Waals surface area contributed by atoms with Gasteiger partial charge < -0.3 is 5.73 Å². The standard InChI is InChI=1S/C17H19ClN4O2S/c1-2-3-4-13-5-9-15(10-6-13)20-22-21-17(19)14-7-11-16(12-8-14)25(18,23)24/h5-12H,2-4H2,1H3,(H2,19,20,21). The first-order valence-electron chi connectivity index (χ1n) is 7.78. The van der Waals surface area contributed by atoms with Crippen LogP contribution in [0.25, 0.3) is 0 Å². The molecule has 132 valence electrons. The van der Waals surface area contributed by atoms with Crippen molar-refractivity contribution < 1.29 is 8.42 Å². The van der Waals surface area contributed by atoms with Crippen molar-refractivity contribution in [3.8, 4) is 0 Å². The lowest BCUT2D eigenvalue weighted by atomic mass is 10.1. The summed E-state index contributed by atoms with van der Waals surface area (Å²) in [5.74, 6) is 0.127. The monoisotopic (exact) mass is 378 g/mol. The van der Waals surface area contributed by atoms with Crippen LogP contribution >= 0.6 is 10.7 Å². The Hall–Kier alpha value is -2.25. The van der Waals surface area contributed by atoms with E-state index in [9.17, 15) is 8.42 Å². The summed E-state index contributed by atoms with van der Waals surface area (Å²) in [6, 6.07) is 13.5. The molecule has 6 nitrogen and oxygen atoms in total. The van der Waals surface area contributed by atoms with Crippen molar-refractivity contribution >= 4 is 31.3 Å². The molecular weight excluding hydrogens is 360 g/mol. The van der Waals surface area contributed by atoms with Gasteiger partial charge in [0.1, 0.15) is 0 Å². The van der Waals surface area contributed by atoms with Crippen LogP contribution in [0, 0.1) is 0 Å². The number of nitrogens with two attached hydrogens (primary N) is 1. The van der Waals surface area contributed by atoms with Gasteiger partial charge in [-0.05, 0) is 60.0 Å². The first-order valence-corrected chi connectivity index (χ1v) is 10.1. The lowest BCUT2D eigenvalue weighted by Crippen LogP contribution is -2.12. The predicted molar refractivity (Wildman–Crippen MR) is 99.8 cm³/mol. The number of benzene rings is 2. The van der Waals surface area contributed by atoms with E-state index in [4.69, 9.17) is 16.4 Å². The smallest absolute Gasteiger partial charge is 0.261 e. The van der Waals surface area contributed by atoms with Crippen molar-refractivity contribution in [1.82, 2.24) is 0 Å². The Morgan fingerprint density at radius 2 is 1.72 bits per heavy atom. The van der Waals surface area contributed by atoms with Crippen LogP contribution in [-0.4, -0.2) is 14.3 Å². The second kappa shape index (κ2) is 8.73. The van der Waals surface area contributed by atoms with Gasteiger partial charge in [0.2, 0.25) is 0 Å². The number of hydrogen-bond donors (Lipinski definition) is 1. The molecule has 0 aromatic heterocycles. The van der Waals surface area contributed by atoms with Crippen LogP contribution in [0.4, 0.5) is 5.69 Å². The van der Waals surface area contributed by atoms with E-state index in [1.807, 2.05) is 24.3 Å². The molecule has 0 aliphatic heterocycles. The molecule has 2 aromatic rings. The molecule has 0 unspecified atom stereocenters. The molecule has 0 spiro atoms. The van der Waals surface area contributed by atoms with E-state index in [1.165, 1.54) is 29.8 Å². The number of nitrogens with zero attached hydrogens (tertiary/aromatic N) is 3. The number of amidine groups is 1. The largest absolute Gasteiger partial charge is 0.382 e. The van der Waals surface area contributed by atoms with Crippen molar-refractivity contribution in [2.75, 3.05) is 0 Å². The van der Waals surface area contributed by atoms with E-state index >= 15 is 0 Å². The summed E-state index contributed by atoms with van der Waals surface area (Å²) in [6.07, 6.45) is 3.37. The lowest BCUT2D eigenvalue weighted by Gasteiger charge is -2.00. The summed E-state index contributed by atoms with van der Waals surface area (Å²) < 4.78 is 22.4. The highest BCUT2D eigenvalue weighted by atomic mass is 35.7. The Bertz CT molecular complexity index is 861. The second-order valence-electron chi connectivity index (χ2n) is 5.41. The molecule has 0 heterocycles. The molecule has 0 amide bonds. The average Bonchev–Trinajstić information content (AvgIpc) is 2.60. The summed E-state index contributed by atoms with van der Waals surface area (Å²) in [5.41, 5.74) is 8.28. The first kappa shape index (κ1) is 19.1. The third kappa shape index (κ3) is 5.95. The molecule has 0 saturated heterocycles. The molecule has 2 aromatic carbocycles. The minimum absolute atomic E-state index is 0.00416. The van der Waals surface area contributed by atoms with Crippen molar-refractivity contribution in [3.05, 3.63) is 59.7 Å². The summed E-state index contributed by atoms with van der Waals surface area (Å²) in [5, 5.41) is 11.5. The van der Waals surface area contributed by atoms with Gasteiger partial charge in [0.15, 0.2) is 5.84 Å². The van der Waals surface area contributed by atoms with Gasteiger partial charge in [-0.2, -0.15) is 0 Å². The number of hydrogen-bond acceptors (Lipinski definition) is 4. The fourth-order valence-corrected chi connectivity index (χ4v) is 2.85. The molecule has 0 bridgehead atoms. The lowest BCUT2D eigenvalue weighted by molar-refractivity contribution is 0.609. The van der Waals surface area contributed by atoms with Gasteiger partial charge in [-0.1, -0.05) is 25.5 Å². The zero-order valence-electron chi connectivity index (χ0n) is 13.8. The Morgan fingerprint density at radius 3 is 2.28 bits per heavy atom. The van der Waals surface area contributed by atoms with Gasteiger partial charge in [0, 0.05) is 16.2 Å². The highest BCUT2D eigenvalue weighted by Crippen LogP contribution is 2.16. The maximum Gasteiger partial charge on any atom is 0.261 e. The number of unbranched alkanes of at least 4 members (excludes halogenated alkanes) is 1. The van der Waals surface area contributed by atoms with Gasteiger partial charge >= 0.3 is 0 Å². The van der Waals surface area contributed by atoms with Gasteiger partial charge in [-0.25, -0.2) is 8.42 Å². The summed E-state index contributed by atoms with van der Waals surface area (Å²) in [7, 11) is 1.50. The summed E-state index contributed by atoms with van der Waals surface area (Å²) in [4.78, 5) is -0.00416. The van der Waals surface area contributed by atoms with E-state index in [2.05, 4.69) is 22.4 Å². The molecule has 0 fully saturated rings. The molecule has 0 radical (unpaired) electrons. The first-order chi connectivity index (χ1) is 11.9. The predicted octanol–water partition coefficient (Wildman–Crippen LogP) is 4.36. The van der Waals surface area contributed by atoms with Crippen LogP contribution in [0.5, 0.6) is 0 Å². The van der Waals surface area contributed by atoms with Crippen molar-refractivity contribution in [1.29, 1.82) is 0 Å². The fourth-order valence-electron chi connectivity index (χ4n) is 2.08. The topological polar surface area (TPSA) is 97.2 Å². The quantitative estimate of drug-likeness (QED) is 0.255. The zero-order chi connectivity index (χ0) is 18.3. The molecule has 0 aliphatic rings. The van der Waals surface area contributed by atoms with Crippen molar-refractivity contribution in [2.45, 2.75) is 31.1 Å². The molecular formula is C17H19ClN4O2S. The van der Waals surface area contributed by atoms with Gasteiger partial charge in [-0.15, -0.1) is 10.2 Å². The summed E-state index contributed by atoms with van der Waals surface area (Å²) in [6.45, 7) is 2.16. The Balaban J connectivity index is 2.03. The summed E-state index contributed by atoms with van der Waals surface area (Å²) >= 11 is 0. The maximum absolute atomic E-state index is 11.2. The molecule has 0 aliphatic carbocycles. The molecule has 2 rings (SSSR count). The minimum atomic E-state index is -3.76. The molecule has 25 heavy (non-hydrogen) atoms. The third-order valence-corrected chi connectivity index (χ3v) is 4.87. The van der Waals surface area contributed by atoms with Crippen LogP contribution in [0.2, 0.25) is 0 Å². The molecule has 2 N–H and O–H groups in total. The third-order valence-electron chi connectivity index (χ3n) is 3.50. The Morgan fingerprint density at radius 1 is 1.08 bits per heavy atom. The van der Waals surface area contributed by atoms with Crippen LogP contribution in [0.3, 0.4) is 0 Å². The number of aryl methyl sites for hydroxylation is 1. The SMILES string of the molecule is CCCCc1ccc(N=N/N=C(\N)c2ccc(S(=O)(=O)Cl)cc2)cc1. The Labute approximate surface area is 151 Å². The van der Waals surface area contributed by atoms with Crippen LogP contribution < -0.4 is 5.73 Å². The number of rotatable bonds is 7. The highest BCUT2D eigenvalue weighted by Gasteiger charge is 2.09. The van der Waals surface area contributed by atoms with E-state index < -0.39 is 9.05 Å². The van der Waals surface area contributed by atoms with E-state index in [1.54, 1.807) is 0 Å². The Kier molecular flexibility index (Phi) is 6.66. The zero-order valence-corrected chi connectivity index (χ0v) is 15.3. The van der Waals surface area contributed by atoms with Crippen molar-refractivity contribution in [3.63, 3.8) is 0 Å². The number of halogens is 1. The van der Waals surface area contributed by atoms with Crippen LogP contribution in [-0.2, 0) is 15.5 Å². The molecule has 0 saturated carbocycles. The fraction of sp³-hybridized carbons (Fsp3) is 0.235. The van der Waals surface area contributed by atoms with Gasteiger partial charge in [0.25, 0.3) is 9.05 Å².